The Morgan fingerprint density at radius 1 is 0.636 bits per heavy atom. The van der Waals surface area contributed by atoms with Crippen LogP contribution in [0.4, 0.5) is 0 Å². The molecule has 0 saturated heterocycles. The van der Waals surface area contributed by atoms with E-state index in [9.17, 15) is 25.1 Å². The van der Waals surface area contributed by atoms with Gasteiger partial charge in [-0.3, -0.25) is 4.79 Å². The molecule has 2 N–H and O–H groups in total. The minimum Gasteiger partial charge on any atom is -0.486 e. The summed E-state index contributed by atoms with van der Waals surface area (Å²) in [6, 6.07) is 42.9. The van der Waals surface area contributed by atoms with Crippen molar-refractivity contribution < 1.29 is 19.8 Å². The lowest BCUT2D eigenvalue weighted by atomic mass is 9.82. The third-order valence-corrected chi connectivity index (χ3v) is 10.9. The fourth-order valence-corrected chi connectivity index (χ4v) is 8.32. The molecule has 8 heteroatoms. The van der Waals surface area contributed by atoms with Gasteiger partial charge in [-0.2, -0.15) is 5.26 Å². The van der Waals surface area contributed by atoms with Gasteiger partial charge >= 0.3 is 11.9 Å². The number of nitriles is 1. The number of para-hydroxylation sites is 2. The van der Waals surface area contributed by atoms with Gasteiger partial charge < -0.3 is 19.3 Å². The van der Waals surface area contributed by atoms with E-state index in [1.54, 1.807) is 6.07 Å². The number of hydrogen-bond donors (Lipinski definition) is 2. The van der Waals surface area contributed by atoms with E-state index in [2.05, 4.69) is 88.5 Å². The second kappa shape index (κ2) is 12.2. The zero-order valence-electron chi connectivity index (χ0n) is 29.7. The largest absolute Gasteiger partial charge is 0.486 e. The first-order valence-corrected chi connectivity index (χ1v) is 17.6. The average Bonchev–Trinajstić information content (AvgIpc) is 3.78. The topological polar surface area (TPSA) is 113 Å². The summed E-state index contributed by atoms with van der Waals surface area (Å²) in [4.78, 5) is 26.3. The summed E-state index contributed by atoms with van der Waals surface area (Å²) in [5, 5.41) is 32.2. The molecule has 1 aliphatic carbocycles. The molecule has 0 radical (unpaired) electrons. The average molecular weight is 715 g/mol. The van der Waals surface area contributed by atoms with Gasteiger partial charge in [-0.25, -0.2) is 9.64 Å². The third kappa shape index (κ3) is 5.04. The quantitative estimate of drug-likeness (QED) is 0.101. The van der Waals surface area contributed by atoms with Crippen molar-refractivity contribution in [2.45, 2.75) is 19.3 Å². The van der Waals surface area contributed by atoms with Gasteiger partial charge in [0.15, 0.2) is 0 Å². The number of aromatic nitrogens is 2. The van der Waals surface area contributed by atoms with Crippen LogP contribution in [-0.4, -0.2) is 31.3 Å². The molecule has 0 saturated carbocycles. The fraction of sp³-hybridized carbons (Fsp3) is 0.0638. The van der Waals surface area contributed by atoms with Crippen molar-refractivity contribution in [3.05, 3.63) is 166 Å². The van der Waals surface area contributed by atoms with Gasteiger partial charge in [0.05, 0.1) is 28.6 Å². The molecule has 1 aliphatic rings. The normalized spacial score (nSPS) is 13.5. The third-order valence-electron chi connectivity index (χ3n) is 10.9. The second-order valence-corrected chi connectivity index (χ2v) is 14.3. The number of benzene rings is 6. The lowest BCUT2D eigenvalue weighted by Crippen LogP contribution is -2.16. The maximum absolute atomic E-state index is 11.6. The number of carboxylic acid groups (broad SMARTS) is 2. The highest BCUT2D eigenvalue weighted by Crippen LogP contribution is 2.50. The highest BCUT2D eigenvalue weighted by Gasteiger charge is 2.36. The van der Waals surface area contributed by atoms with Crippen molar-refractivity contribution in [3.63, 3.8) is 0 Å². The Bertz CT molecular complexity index is 2950. The number of carbonyl (C=O) groups is 2. The summed E-state index contributed by atoms with van der Waals surface area (Å²) in [6.07, 6.45) is 2.81. The van der Waals surface area contributed by atoms with Crippen molar-refractivity contribution in [2.75, 3.05) is 0 Å². The van der Waals surface area contributed by atoms with E-state index in [4.69, 9.17) is 6.57 Å². The molecule has 0 bridgehead atoms. The predicted molar refractivity (Wildman–Crippen MR) is 216 cm³/mol. The first kappa shape index (κ1) is 33.2. The minimum atomic E-state index is -1.26. The van der Waals surface area contributed by atoms with Crippen LogP contribution in [-0.2, 0) is 15.0 Å². The molecule has 6 aromatic carbocycles. The van der Waals surface area contributed by atoms with Crippen molar-refractivity contribution in [2.24, 2.45) is 0 Å². The van der Waals surface area contributed by atoms with Gasteiger partial charge in [0.1, 0.15) is 11.6 Å². The maximum Gasteiger partial charge on any atom is 0.346 e. The second-order valence-electron chi connectivity index (χ2n) is 14.3. The molecular weight excluding hydrogens is 685 g/mol. The Hall–Kier alpha value is -7.68. The molecule has 0 amide bonds. The van der Waals surface area contributed by atoms with Crippen LogP contribution in [0.15, 0.2) is 133 Å². The standard InChI is InChI=1S/C47H30N4O4/c1-47(2)38-24-30(50-41-10-6-4-8-34(41)36-21-27(12-18-43(36)50)20-29(26-48)45(52)53)14-16-32(38)33-17-15-31(25-39(33)47)51-42-11-7-5-9-35(42)37-22-28(13-19-44(37)51)23-40(49-3)46(54)55/h4-25H,1-2H3,(H,52,53)(H,54,55). The predicted octanol–water partition coefficient (Wildman–Crippen LogP) is 10.5. The maximum atomic E-state index is 11.6. The number of rotatable bonds is 6. The monoisotopic (exact) mass is 714 g/mol. The summed E-state index contributed by atoms with van der Waals surface area (Å²) in [7, 11) is 0. The summed E-state index contributed by atoms with van der Waals surface area (Å²) in [6.45, 7) is 11.8. The van der Waals surface area contributed by atoms with Crippen LogP contribution in [0.25, 0.3) is 83.1 Å². The molecule has 8 nitrogen and oxygen atoms in total. The number of fused-ring (bicyclic) bond motifs is 9. The van der Waals surface area contributed by atoms with Crippen LogP contribution in [0.2, 0.25) is 0 Å². The molecule has 0 aliphatic heterocycles. The molecule has 0 spiro atoms. The molecule has 2 heterocycles. The van der Waals surface area contributed by atoms with E-state index < -0.39 is 11.9 Å². The summed E-state index contributed by atoms with van der Waals surface area (Å²) in [5.41, 5.74) is 11.1. The number of hydrogen-bond acceptors (Lipinski definition) is 3. The SMILES string of the molecule is [C-]#[N+]C(=Cc1ccc2c(c1)c1ccccc1n2-c1ccc2c(c1)C(C)(C)c1cc(-n3c4ccccc4c4cc(C=C(C#N)C(=O)O)ccc43)ccc1-2)C(=O)O. The highest BCUT2D eigenvalue weighted by molar-refractivity contribution is 6.11. The minimum absolute atomic E-state index is 0.319. The van der Waals surface area contributed by atoms with Crippen LogP contribution < -0.4 is 0 Å². The molecule has 2 aromatic heterocycles. The van der Waals surface area contributed by atoms with Gasteiger partial charge in [0, 0.05) is 38.3 Å². The van der Waals surface area contributed by atoms with Crippen LogP contribution in [0.1, 0.15) is 36.1 Å². The summed E-state index contributed by atoms with van der Waals surface area (Å²) >= 11 is 0. The molecular formula is C47H30N4O4. The highest BCUT2D eigenvalue weighted by atomic mass is 16.4. The number of nitrogens with zero attached hydrogens (tertiary/aromatic N) is 4. The van der Waals surface area contributed by atoms with Crippen LogP contribution in [0, 0.1) is 17.9 Å². The molecule has 0 fully saturated rings. The van der Waals surface area contributed by atoms with E-state index in [1.165, 1.54) is 34.4 Å². The van der Waals surface area contributed by atoms with Crippen LogP contribution in [0.5, 0.6) is 0 Å². The van der Waals surface area contributed by atoms with E-state index in [-0.39, 0.29) is 16.7 Å². The van der Waals surface area contributed by atoms with Gasteiger partial charge in [0.25, 0.3) is 5.70 Å². The molecule has 0 unspecified atom stereocenters. The first-order valence-electron chi connectivity index (χ1n) is 17.6. The summed E-state index contributed by atoms with van der Waals surface area (Å²) in [5.74, 6) is -2.51. The van der Waals surface area contributed by atoms with Crippen LogP contribution in [0.3, 0.4) is 0 Å². The van der Waals surface area contributed by atoms with Gasteiger partial charge in [0.2, 0.25) is 0 Å². The number of carboxylic acids is 2. The lowest BCUT2D eigenvalue weighted by Gasteiger charge is -2.23. The van der Waals surface area contributed by atoms with E-state index in [1.807, 2.05) is 60.7 Å². The van der Waals surface area contributed by atoms with Crippen molar-refractivity contribution in [3.8, 4) is 28.6 Å². The molecule has 9 rings (SSSR count). The Morgan fingerprint density at radius 2 is 1.11 bits per heavy atom. The first-order chi connectivity index (χ1) is 26.6. The van der Waals surface area contributed by atoms with Crippen molar-refractivity contribution in [1.82, 2.24) is 9.13 Å². The van der Waals surface area contributed by atoms with Gasteiger partial charge in [-0.15, -0.1) is 0 Å². The molecule has 262 valence electrons. The lowest BCUT2D eigenvalue weighted by molar-refractivity contribution is -0.133. The zero-order valence-corrected chi connectivity index (χ0v) is 29.7. The van der Waals surface area contributed by atoms with E-state index >= 15 is 0 Å². The van der Waals surface area contributed by atoms with Crippen molar-refractivity contribution >= 4 is 67.7 Å². The van der Waals surface area contributed by atoms with Gasteiger partial charge in [-0.1, -0.05) is 74.5 Å². The summed E-state index contributed by atoms with van der Waals surface area (Å²) < 4.78 is 4.48. The van der Waals surface area contributed by atoms with E-state index in [0.29, 0.717) is 11.1 Å². The fourth-order valence-electron chi connectivity index (χ4n) is 8.32. The van der Waals surface area contributed by atoms with Crippen molar-refractivity contribution in [1.29, 1.82) is 5.26 Å². The van der Waals surface area contributed by atoms with Crippen LogP contribution >= 0.6 is 0 Å². The molecule has 55 heavy (non-hydrogen) atoms. The Morgan fingerprint density at radius 3 is 1.56 bits per heavy atom. The Labute approximate surface area is 315 Å². The smallest absolute Gasteiger partial charge is 0.346 e. The molecule has 8 aromatic rings. The Kier molecular flexibility index (Phi) is 7.36. The zero-order chi connectivity index (χ0) is 38.2. The number of aliphatic carboxylic acids is 2. The molecule has 0 atom stereocenters. The Balaban J connectivity index is 1.17. The van der Waals surface area contributed by atoms with E-state index in [0.717, 1.165) is 55.0 Å². The van der Waals surface area contributed by atoms with Gasteiger partial charge in [-0.05, 0) is 106 Å².